The van der Waals surface area contributed by atoms with Crippen molar-refractivity contribution in [1.82, 2.24) is 4.98 Å². The second-order valence-corrected chi connectivity index (χ2v) is 7.64. The van der Waals surface area contributed by atoms with Gasteiger partial charge in [-0.25, -0.2) is 4.98 Å². The molecule has 0 N–H and O–H groups in total. The lowest BCUT2D eigenvalue weighted by Gasteiger charge is -2.15. The molecule has 0 bridgehead atoms. The zero-order valence-electron chi connectivity index (χ0n) is 15.2. The van der Waals surface area contributed by atoms with E-state index in [4.69, 9.17) is 4.42 Å². The lowest BCUT2D eigenvalue weighted by molar-refractivity contribution is 0.0989. The first-order valence-corrected chi connectivity index (χ1v) is 9.68. The van der Waals surface area contributed by atoms with Gasteiger partial charge in [-0.1, -0.05) is 83.6 Å². The van der Waals surface area contributed by atoms with Gasteiger partial charge < -0.3 is 4.42 Å². The Morgan fingerprint density at radius 1 is 0.889 bits per heavy atom. The first-order chi connectivity index (χ1) is 13.1. The summed E-state index contributed by atoms with van der Waals surface area (Å²) in [7, 11) is 0. The number of nitrogens with zero attached hydrogens (tertiary/aromatic N) is 1. The molecule has 3 aromatic carbocycles. The lowest BCUT2D eigenvalue weighted by Crippen LogP contribution is -2.10. The molecule has 0 aliphatic heterocycles. The highest BCUT2D eigenvalue weighted by Gasteiger charge is 2.25. The molecule has 1 atom stereocenters. The van der Waals surface area contributed by atoms with Crippen LogP contribution in [0.4, 0.5) is 0 Å². The quantitative estimate of drug-likeness (QED) is 0.310. The molecule has 27 heavy (non-hydrogen) atoms. The highest BCUT2D eigenvalue weighted by molar-refractivity contribution is 8.00. The second kappa shape index (κ2) is 7.41. The van der Waals surface area contributed by atoms with E-state index in [1.54, 1.807) is 0 Å². The number of aryl methyl sites for hydroxylation is 2. The fraction of sp³-hybridized carbons (Fsp3) is 0.130. The molecule has 0 radical (unpaired) electrons. The van der Waals surface area contributed by atoms with Crippen molar-refractivity contribution in [3.8, 4) is 0 Å². The van der Waals surface area contributed by atoms with E-state index in [1.165, 1.54) is 11.8 Å². The molecule has 0 fully saturated rings. The normalized spacial score (nSPS) is 12.2. The number of aromatic nitrogens is 1. The van der Waals surface area contributed by atoms with Crippen LogP contribution in [0.1, 0.15) is 32.3 Å². The summed E-state index contributed by atoms with van der Waals surface area (Å²) in [6.45, 7) is 4.05. The third kappa shape index (κ3) is 3.81. The number of carbonyl (C=O) groups excluding carboxylic acids is 1. The molecule has 134 valence electrons. The summed E-state index contributed by atoms with van der Waals surface area (Å²) in [5.74, 6) is 0.0473. The van der Waals surface area contributed by atoms with Crippen LogP contribution >= 0.6 is 11.8 Å². The van der Waals surface area contributed by atoms with Crippen molar-refractivity contribution >= 4 is 28.6 Å². The molecule has 4 aromatic rings. The van der Waals surface area contributed by atoms with Gasteiger partial charge >= 0.3 is 0 Å². The van der Waals surface area contributed by atoms with Crippen LogP contribution in [0.2, 0.25) is 0 Å². The molecule has 1 aromatic heterocycles. The standard InChI is InChI=1S/C23H19NO2S/c1-15-7-11-17(12-8-15)21(25)22(18-13-9-16(2)10-14-18)27-23-24-19-5-3-4-6-20(19)26-23/h3-14,22H,1-2H3. The molecule has 0 spiro atoms. The number of carbonyl (C=O) groups is 1. The number of fused-ring (bicyclic) bond motifs is 1. The SMILES string of the molecule is Cc1ccc(C(=O)C(Sc2nc3ccccc3o2)c2ccc(C)cc2)cc1. The minimum Gasteiger partial charge on any atom is -0.431 e. The maximum absolute atomic E-state index is 13.3. The Morgan fingerprint density at radius 2 is 1.52 bits per heavy atom. The van der Waals surface area contributed by atoms with Crippen LogP contribution in [0, 0.1) is 13.8 Å². The van der Waals surface area contributed by atoms with Gasteiger partial charge in [0, 0.05) is 5.56 Å². The molecule has 1 heterocycles. The topological polar surface area (TPSA) is 43.1 Å². The van der Waals surface area contributed by atoms with Gasteiger partial charge in [-0.3, -0.25) is 4.79 Å². The maximum atomic E-state index is 13.3. The van der Waals surface area contributed by atoms with Gasteiger partial charge in [-0.15, -0.1) is 0 Å². The molecule has 4 heteroatoms. The van der Waals surface area contributed by atoms with Crippen LogP contribution in [0.3, 0.4) is 0 Å². The summed E-state index contributed by atoms with van der Waals surface area (Å²) in [4.78, 5) is 17.8. The van der Waals surface area contributed by atoms with Crippen molar-refractivity contribution in [1.29, 1.82) is 0 Å². The number of ketones is 1. The Bertz CT molecular complexity index is 1050. The minimum absolute atomic E-state index is 0.0473. The number of rotatable bonds is 5. The second-order valence-electron chi connectivity index (χ2n) is 6.59. The molecule has 0 aliphatic rings. The number of hydrogen-bond donors (Lipinski definition) is 0. The first kappa shape index (κ1) is 17.6. The summed E-state index contributed by atoms with van der Waals surface area (Å²) < 4.78 is 5.85. The van der Waals surface area contributed by atoms with Gasteiger partial charge in [0.15, 0.2) is 11.4 Å². The first-order valence-electron chi connectivity index (χ1n) is 8.80. The van der Waals surface area contributed by atoms with Gasteiger partial charge in [-0.05, 0) is 31.5 Å². The third-order valence-corrected chi connectivity index (χ3v) is 5.55. The Morgan fingerprint density at radius 3 is 2.19 bits per heavy atom. The predicted octanol–water partition coefficient (Wildman–Crippen LogP) is 6.16. The number of benzene rings is 3. The van der Waals surface area contributed by atoms with E-state index >= 15 is 0 Å². The van der Waals surface area contributed by atoms with E-state index in [9.17, 15) is 4.79 Å². The van der Waals surface area contributed by atoms with Crippen LogP contribution in [-0.4, -0.2) is 10.8 Å². The van der Waals surface area contributed by atoms with Crippen LogP contribution in [0.25, 0.3) is 11.1 Å². The molecule has 0 amide bonds. The van der Waals surface area contributed by atoms with Crippen LogP contribution in [0.15, 0.2) is 82.4 Å². The number of thioether (sulfide) groups is 1. The number of oxazole rings is 1. The smallest absolute Gasteiger partial charge is 0.257 e. The predicted molar refractivity (Wildman–Crippen MR) is 109 cm³/mol. The van der Waals surface area contributed by atoms with E-state index in [2.05, 4.69) is 4.98 Å². The molecule has 0 aliphatic carbocycles. The Kier molecular flexibility index (Phi) is 4.82. The van der Waals surface area contributed by atoms with Gasteiger partial charge in [0.25, 0.3) is 5.22 Å². The molecule has 4 rings (SSSR count). The van der Waals surface area contributed by atoms with E-state index in [0.717, 1.165) is 27.8 Å². The third-order valence-electron chi connectivity index (χ3n) is 4.45. The summed E-state index contributed by atoms with van der Waals surface area (Å²) in [6, 6.07) is 23.4. The summed E-state index contributed by atoms with van der Waals surface area (Å²) >= 11 is 1.35. The van der Waals surface area contributed by atoms with Gasteiger partial charge in [-0.2, -0.15) is 0 Å². The van der Waals surface area contributed by atoms with Gasteiger partial charge in [0.2, 0.25) is 0 Å². The van der Waals surface area contributed by atoms with Crippen LogP contribution in [0.5, 0.6) is 0 Å². The van der Waals surface area contributed by atoms with Crippen molar-refractivity contribution in [2.75, 3.05) is 0 Å². The van der Waals surface area contributed by atoms with Crippen molar-refractivity contribution in [3.05, 3.63) is 95.1 Å². The highest BCUT2D eigenvalue weighted by atomic mass is 32.2. The van der Waals surface area contributed by atoms with Crippen molar-refractivity contribution < 1.29 is 9.21 Å². The Labute approximate surface area is 162 Å². The molecule has 0 saturated carbocycles. The molecular formula is C23H19NO2S. The van der Waals surface area contributed by atoms with Gasteiger partial charge in [0.1, 0.15) is 10.8 Å². The van der Waals surface area contributed by atoms with E-state index in [1.807, 2.05) is 86.6 Å². The number of para-hydroxylation sites is 2. The van der Waals surface area contributed by atoms with E-state index in [-0.39, 0.29) is 5.78 Å². The monoisotopic (exact) mass is 373 g/mol. The summed E-state index contributed by atoms with van der Waals surface area (Å²) in [5, 5.41) is 0.0867. The highest BCUT2D eigenvalue weighted by Crippen LogP contribution is 2.38. The zero-order valence-corrected chi connectivity index (χ0v) is 16.0. The average Bonchev–Trinajstić information content (AvgIpc) is 3.10. The fourth-order valence-corrected chi connectivity index (χ4v) is 3.91. The van der Waals surface area contributed by atoms with Crippen molar-refractivity contribution in [3.63, 3.8) is 0 Å². The number of hydrogen-bond acceptors (Lipinski definition) is 4. The van der Waals surface area contributed by atoms with Crippen molar-refractivity contribution in [2.24, 2.45) is 0 Å². The minimum atomic E-state index is -0.415. The average molecular weight is 373 g/mol. The molecule has 3 nitrogen and oxygen atoms in total. The fourth-order valence-electron chi connectivity index (χ4n) is 2.89. The van der Waals surface area contributed by atoms with Gasteiger partial charge in [0.05, 0.1) is 0 Å². The Hall–Kier alpha value is -2.85. The maximum Gasteiger partial charge on any atom is 0.257 e. The number of Topliss-reactive ketones (excluding diaryl/α,β-unsaturated/α-hetero) is 1. The molecular weight excluding hydrogens is 354 g/mol. The zero-order chi connectivity index (χ0) is 18.8. The van der Waals surface area contributed by atoms with E-state index < -0.39 is 5.25 Å². The Balaban J connectivity index is 1.71. The van der Waals surface area contributed by atoms with Crippen LogP contribution in [-0.2, 0) is 0 Å². The molecule has 0 saturated heterocycles. The summed E-state index contributed by atoms with van der Waals surface area (Å²) in [5.41, 5.74) is 5.45. The van der Waals surface area contributed by atoms with Crippen LogP contribution < -0.4 is 0 Å². The van der Waals surface area contributed by atoms with E-state index in [0.29, 0.717) is 10.8 Å². The van der Waals surface area contributed by atoms with Crippen molar-refractivity contribution in [2.45, 2.75) is 24.3 Å². The summed E-state index contributed by atoms with van der Waals surface area (Å²) in [6.07, 6.45) is 0. The largest absolute Gasteiger partial charge is 0.431 e. The lowest BCUT2D eigenvalue weighted by atomic mass is 10.0. The molecule has 1 unspecified atom stereocenters.